The second-order valence-corrected chi connectivity index (χ2v) is 10.1. The topological polar surface area (TPSA) is 18.5 Å². The third-order valence-electron chi connectivity index (χ3n) is 2.38. The van der Waals surface area contributed by atoms with Crippen molar-refractivity contribution in [2.75, 3.05) is 13.2 Å². The zero-order valence-electron chi connectivity index (χ0n) is 10.8. The maximum atomic E-state index is 5.67. The second kappa shape index (κ2) is 7.16. The van der Waals surface area contributed by atoms with Crippen LogP contribution in [0.5, 0.6) is 0 Å². The van der Waals surface area contributed by atoms with Crippen LogP contribution in [0.25, 0.3) is 0 Å². The summed E-state index contributed by atoms with van der Waals surface area (Å²) in [6.45, 7) is 8.40. The van der Waals surface area contributed by atoms with E-state index in [2.05, 4.69) is 31.1 Å². The minimum atomic E-state index is -1.25. The average molecular weight is 238 g/mol. The summed E-state index contributed by atoms with van der Waals surface area (Å²) in [7, 11) is -1.34. The fraction of sp³-hybridized carbons (Fsp3) is 0.833. The Bertz CT molecular complexity index is 242. The molecule has 0 aromatic heterocycles. The summed E-state index contributed by atoms with van der Waals surface area (Å²) < 4.78 is 11.3. The van der Waals surface area contributed by atoms with Crippen LogP contribution in [0.2, 0.25) is 26.0 Å². The van der Waals surface area contributed by atoms with E-state index in [-0.39, 0.29) is 7.12 Å². The van der Waals surface area contributed by atoms with Gasteiger partial charge in [0.25, 0.3) is 0 Å². The minimum Gasteiger partial charge on any atom is -0.411 e. The van der Waals surface area contributed by atoms with Gasteiger partial charge in [-0.2, -0.15) is 0 Å². The van der Waals surface area contributed by atoms with Gasteiger partial charge in [-0.3, -0.25) is 0 Å². The second-order valence-electron chi connectivity index (χ2n) is 5.34. The third kappa shape index (κ3) is 7.10. The quantitative estimate of drug-likeness (QED) is 0.516. The summed E-state index contributed by atoms with van der Waals surface area (Å²) in [5.41, 5.74) is 3.35. The Morgan fingerprint density at radius 3 is 2.06 bits per heavy atom. The molecule has 0 saturated carbocycles. The van der Waals surface area contributed by atoms with Gasteiger partial charge in [-0.25, -0.2) is 0 Å². The molecule has 0 aliphatic carbocycles. The van der Waals surface area contributed by atoms with Gasteiger partial charge in [0.05, 0.1) is 0 Å². The van der Waals surface area contributed by atoms with E-state index in [4.69, 9.17) is 9.31 Å². The van der Waals surface area contributed by atoms with E-state index in [0.717, 1.165) is 32.4 Å². The van der Waals surface area contributed by atoms with Crippen molar-refractivity contribution in [1.82, 2.24) is 0 Å². The SMILES string of the molecule is C[Si](C)(C)C#CCB1OCCCCCCO1. The van der Waals surface area contributed by atoms with E-state index < -0.39 is 8.07 Å². The maximum Gasteiger partial charge on any atom is 0.469 e. The van der Waals surface area contributed by atoms with Gasteiger partial charge >= 0.3 is 7.12 Å². The molecular weight excluding hydrogens is 215 g/mol. The van der Waals surface area contributed by atoms with E-state index in [1.165, 1.54) is 12.8 Å². The van der Waals surface area contributed by atoms with Crippen LogP contribution >= 0.6 is 0 Å². The van der Waals surface area contributed by atoms with Gasteiger partial charge in [-0.1, -0.05) is 32.5 Å². The van der Waals surface area contributed by atoms with Crippen molar-refractivity contribution in [1.29, 1.82) is 0 Å². The molecule has 0 amide bonds. The Morgan fingerprint density at radius 2 is 1.56 bits per heavy atom. The molecule has 2 nitrogen and oxygen atoms in total. The fourth-order valence-corrected chi connectivity index (χ4v) is 2.19. The molecule has 0 aromatic rings. The Kier molecular flexibility index (Phi) is 6.19. The zero-order valence-corrected chi connectivity index (χ0v) is 11.8. The highest BCUT2D eigenvalue weighted by Crippen LogP contribution is 2.08. The van der Waals surface area contributed by atoms with Gasteiger partial charge in [0.2, 0.25) is 0 Å². The van der Waals surface area contributed by atoms with Crippen molar-refractivity contribution in [3.63, 3.8) is 0 Å². The Balaban J connectivity index is 2.34. The lowest BCUT2D eigenvalue weighted by molar-refractivity contribution is 0.205. The molecule has 90 valence electrons. The van der Waals surface area contributed by atoms with Crippen LogP contribution in [-0.4, -0.2) is 28.4 Å². The highest BCUT2D eigenvalue weighted by molar-refractivity contribution is 6.83. The molecule has 1 saturated heterocycles. The Morgan fingerprint density at radius 1 is 1.00 bits per heavy atom. The van der Waals surface area contributed by atoms with Crippen molar-refractivity contribution >= 4 is 15.2 Å². The largest absolute Gasteiger partial charge is 0.469 e. The van der Waals surface area contributed by atoms with E-state index in [1.54, 1.807) is 0 Å². The molecule has 0 radical (unpaired) electrons. The highest BCUT2D eigenvalue weighted by atomic mass is 28.3. The van der Waals surface area contributed by atoms with Crippen LogP contribution in [-0.2, 0) is 9.31 Å². The zero-order chi connectivity index (χ0) is 11.9. The van der Waals surface area contributed by atoms with Crippen molar-refractivity contribution in [2.24, 2.45) is 0 Å². The predicted molar refractivity (Wildman–Crippen MR) is 72.1 cm³/mol. The average Bonchev–Trinajstić information content (AvgIpc) is 2.29. The molecule has 0 atom stereocenters. The van der Waals surface area contributed by atoms with Gasteiger partial charge in [-0.15, -0.1) is 11.5 Å². The maximum absolute atomic E-state index is 5.67. The summed E-state index contributed by atoms with van der Waals surface area (Å²) in [6.07, 6.45) is 5.56. The molecule has 1 aliphatic rings. The first kappa shape index (κ1) is 13.8. The van der Waals surface area contributed by atoms with Crippen LogP contribution in [0.1, 0.15) is 25.7 Å². The molecule has 0 spiro atoms. The minimum absolute atomic E-state index is 0.0954. The Hall–Kier alpha value is -0.238. The molecule has 0 N–H and O–H groups in total. The lowest BCUT2D eigenvalue weighted by Crippen LogP contribution is -2.23. The molecule has 0 unspecified atom stereocenters. The molecule has 1 aliphatic heterocycles. The number of rotatable bonds is 1. The smallest absolute Gasteiger partial charge is 0.411 e. The molecule has 1 fully saturated rings. The van der Waals surface area contributed by atoms with E-state index >= 15 is 0 Å². The summed E-state index contributed by atoms with van der Waals surface area (Å²) >= 11 is 0. The van der Waals surface area contributed by atoms with Crippen LogP contribution in [0.3, 0.4) is 0 Å². The van der Waals surface area contributed by atoms with Crippen molar-refractivity contribution < 1.29 is 9.31 Å². The monoisotopic (exact) mass is 238 g/mol. The first-order valence-electron chi connectivity index (χ1n) is 6.31. The molecule has 1 heterocycles. The highest BCUT2D eigenvalue weighted by Gasteiger charge is 2.18. The predicted octanol–water partition coefficient (Wildman–Crippen LogP) is 2.96. The van der Waals surface area contributed by atoms with Crippen LogP contribution in [0.15, 0.2) is 0 Å². The van der Waals surface area contributed by atoms with Crippen molar-refractivity contribution in [3.8, 4) is 11.5 Å². The van der Waals surface area contributed by atoms with Crippen LogP contribution < -0.4 is 0 Å². The van der Waals surface area contributed by atoms with Crippen LogP contribution in [0, 0.1) is 11.5 Å². The van der Waals surface area contributed by atoms with Crippen LogP contribution in [0.4, 0.5) is 0 Å². The molecule has 0 bridgehead atoms. The lowest BCUT2D eigenvalue weighted by Gasteiger charge is -2.10. The summed E-state index contributed by atoms with van der Waals surface area (Å²) in [5, 5.41) is 0. The van der Waals surface area contributed by atoms with Gasteiger partial charge < -0.3 is 9.31 Å². The van der Waals surface area contributed by atoms with Crippen molar-refractivity contribution in [3.05, 3.63) is 0 Å². The first-order valence-corrected chi connectivity index (χ1v) is 9.81. The third-order valence-corrected chi connectivity index (χ3v) is 3.31. The first-order chi connectivity index (χ1) is 7.58. The van der Waals surface area contributed by atoms with E-state index in [0.29, 0.717) is 0 Å². The van der Waals surface area contributed by atoms with Gasteiger partial charge in [0.15, 0.2) is 0 Å². The van der Waals surface area contributed by atoms with E-state index in [1.807, 2.05) is 0 Å². The Labute approximate surface area is 101 Å². The summed E-state index contributed by atoms with van der Waals surface area (Å²) in [4.78, 5) is 0. The molecular formula is C12H23BO2Si. The standard InChI is InChI=1S/C12H23BO2Si/c1-16(2,3)12-8-9-13-14-10-6-4-5-7-11-15-13/h4-7,9-11H2,1-3H3. The fourth-order valence-electron chi connectivity index (χ4n) is 1.55. The molecule has 0 aromatic carbocycles. The lowest BCUT2D eigenvalue weighted by atomic mass is 9.85. The summed E-state index contributed by atoms with van der Waals surface area (Å²) in [6, 6.07) is 0. The van der Waals surface area contributed by atoms with Gasteiger partial charge in [0.1, 0.15) is 8.07 Å². The molecule has 16 heavy (non-hydrogen) atoms. The molecule has 1 rings (SSSR count). The van der Waals surface area contributed by atoms with Crippen molar-refractivity contribution in [2.45, 2.75) is 51.6 Å². The van der Waals surface area contributed by atoms with Gasteiger partial charge in [-0.05, 0) is 12.8 Å². The van der Waals surface area contributed by atoms with Gasteiger partial charge in [0, 0.05) is 19.5 Å². The van der Waals surface area contributed by atoms with E-state index in [9.17, 15) is 0 Å². The number of hydrogen-bond donors (Lipinski definition) is 0. The normalized spacial score (nSPS) is 19.1. The summed E-state index contributed by atoms with van der Waals surface area (Å²) in [5.74, 6) is 3.23. The molecule has 4 heteroatoms. The number of hydrogen-bond acceptors (Lipinski definition) is 2.